The number of allylic oxidation sites excluding steroid dienone is 1. The minimum Gasteiger partial charge on any atom is -0.484 e. The van der Waals surface area contributed by atoms with Crippen molar-refractivity contribution in [1.82, 2.24) is 10.2 Å². The molecule has 2 amide bonds. The van der Waals surface area contributed by atoms with Crippen LogP contribution < -0.4 is 10.1 Å². The van der Waals surface area contributed by atoms with E-state index in [-0.39, 0.29) is 30.0 Å². The Kier molecular flexibility index (Phi) is 8.77. The summed E-state index contributed by atoms with van der Waals surface area (Å²) < 4.78 is 10.6. The number of hydrogen-bond acceptors (Lipinski definition) is 5. The van der Waals surface area contributed by atoms with Gasteiger partial charge >= 0.3 is 5.97 Å². The van der Waals surface area contributed by atoms with Crippen LogP contribution in [0.15, 0.2) is 71.4 Å². The Labute approximate surface area is 218 Å². The van der Waals surface area contributed by atoms with Crippen LogP contribution in [-0.2, 0) is 25.5 Å². The number of nitrogens with one attached hydrogen (secondary N) is 1. The predicted molar refractivity (Wildman–Crippen MR) is 142 cm³/mol. The molecule has 37 heavy (non-hydrogen) atoms. The first-order valence-electron chi connectivity index (χ1n) is 12.9. The predicted octanol–water partition coefficient (Wildman–Crippen LogP) is 4.43. The highest BCUT2D eigenvalue weighted by Gasteiger charge is 2.36. The monoisotopic (exact) mass is 502 g/mol. The molecule has 0 unspecified atom stereocenters. The molecule has 2 aromatic rings. The van der Waals surface area contributed by atoms with Gasteiger partial charge in [0, 0.05) is 18.3 Å². The zero-order chi connectivity index (χ0) is 26.2. The number of carbonyl (C=O) groups is 3. The summed E-state index contributed by atoms with van der Waals surface area (Å²) >= 11 is 0. The second kappa shape index (κ2) is 12.4. The fourth-order valence-corrected chi connectivity index (χ4v) is 4.88. The van der Waals surface area contributed by atoms with Crippen LogP contribution >= 0.6 is 0 Å². The normalized spacial score (nSPS) is 17.3. The van der Waals surface area contributed by atoms with Gasteiger partial charge < -0.3 is 19.7 Å². The zero-order valence-electron chi connectivity index (χ0n) is 21.5. The highest BCUT2D eigenvalue weighted by atomic mass is 16.5. The molecule has 0 bridgehead atoms. The highest BCUT2D eigenvalue weighted by molar-refractivity contribution is 6.16. The molecular formula is C30H34N2O5. The first kappa shape index (κ1) is 26.2. The average molecular weight is 503 g/mol. The Morgan fingerprint density at radius 3 is 2.41 bits per heavy atom. The van der Waals surface area contributed by atoms with Crippen LogP contribution in [0.2, 0.25) is 0 Å². The lowest BCUT2D eigenvalue weighted by Gasteiger charge is -2.22. The average Bonchev–Trinajstić information content (AvgIpc) is 3.16. The minimum atomic E-state index is -0.539. The second-order valence-corrected chi connectivity index (χ2v) is 9.46. The number of hydrogen-bond donors (Lipinski definition) is 1. The molecule has 0 radical (unpaired) electrons. The van der Waals surface area contributed by atoms with Crippen molar-refractivity contribution >= 4 is 23.9 Å². The lowest BCUT2D eigenvalue weighted by Crippen LogP contribution is -2.38. The number of ether oxygens (including phenoxy) is 2. The van der Waals surface area contributed by atoms with Crippen molar-refractivity contribution in [2.24, 2.45) is 0 Å². The molecule has 1 heterocycles. The molecule has 194 valence electrons. The molecule has 0 spiro atoms. The summed E-state index contributed by atoms with van der Waals surface area (Å²) in [6.45, 7) is 2.19. The van der Waals surface area contributed by atoms with E-state index in [2.05, 4.69) is 5.32 Å². The summed E-state index contributed by atoms with van der Waals surface area (Å²) in [5.74, 6) is -0.326. The molecule has 1 fully saturated rings. The molecule has 1 saturated carbocycles. The van der Waals surface area contributed by atoms with E-state index < -0.39 is 5.97 Å². The summed E-state index contributed by atoms with van der Waals surface area (Å²) in [5.41, 5.74) is 3.02. The van der Waals surface area contributed by atoms with Gasteiger partial charge in [0.05, 0.1) is 18.3 Å². The van der Waals surface area contributed by atoms with Crippen LogP contribution in [-0.4, -0.2) is 49.0 Å². The zero-order valence-corrected chi connectivity index (χ0v) is 21.5. The summed E-state index contributed by atoms with van der Waals surface area (Å²) in [5, 5.41) is 3.04. The van der Waals surface area contributed by atoms with Crippen molar-refractivity contribution in [3.8, 4) is 5.75 Å². The van der Waals surface area contributed by atoms with Crippen molar-refractivity contribution in [3.05, 3.63) is 82.6 Å². The van der Waals surface area contributed by atoms with Gasteiger partial charge in [0.15, 0.2) is 6.61 Å². The Morgan fingerprint density at radius 2 is 1.73 bits per heavy atom. The van der Waals surface area contributed by atoms with Crippen molar-refractivity contribution in [2.45, 2.75) is 51.5 Å². The van der Waals surface area contributed by atoms with Gasteiger partial charge in [-0.1, -0.05) is 61.7 Å². The van der Waals surface area contributed by atoms with E-state index in [0.29, 0.717) is 30.0 Å². The number of benzene rings is 2. The first-order valence-corrected chi connectivity index (χ1v) is 12.9. The maximum absolute atomic E-state index is 13.3. The summed E-state index contributed by atoms with van der Waals surface area (Å²) in [7, 11) is 1.31. The lowest BCUT2D eigenvalue weighted by molar-refractivity contribution is -0.136. The number of esters is 1. The Hall–Kier alpha value is -3.87. The molecule has 1 aliphatic carbocycles. The van der Waals surface area contributed by atoms with Crippen molar-refractivity contribution in [2.75, 3.05) is 20.3 Å². The van der Waals surface area contributed by atoms with Gasteiger partial charge in [-0.05, 0) is 55.5 Å². The van der Waals surface area contributed by atoms with Crippen molar-refractivity contribution in [3.63, 3.8) is 0 Å². The molecule has 7 heteroatoms. The highest BCUT2D eigenvalue weighted by Crippen LogP contribution is 2.32. The molecular weight excluding hydrogens is 468 g/mol. The van der Waals surface area contributed by atoms with Gasteiger partial charge in [-0.3, -0.25) is 9.59 Å². The lowest BCUT2D eigenvalue weighted by atomic mass is 9.95. The van der Waals surface area contributed by atoms with Gasteiger partial charge in [-0.2, -0.15) is 0 Å². The van der Waals surface area contributed by atoms with Gasteiger partial charge in [-0.25, -0.2) is 4.79 Å². The molecule has 2 aromatic carbocycles. The third-order valence-corrected chi connectivity index (χ3v) is 6.90. The van der Waals surface area contributed by atoms with Crippen molar-refractivity contribution in [1.29, 1.82) is 0 Å². The fourth-order valence-electron chi connectivity index (χ4n) is 4.88. The molecule has 0 aromatic heterocycles. The van der Waals surface area contributed by atoms with Gasteiger partial charge in [-0.15, -0.1) is 0 Å². The summed E-state index contributed by atoms with van der Waals surface area (Å²) in [6, 6.07) is 17.3. The Bertz CT molecular complexity index is 1180. The van der Waals surface area contributed by atoms with Gasteiger partial charge in [0.2, 0.25) is 0 Å². The number of rotatable bonds is 9. The third kappa shape index (κ3) is 6.67. The van der Waals surface area contributed by atoms with E-state index in [1.165, 1.54) is 13.5 Å². The number of methoxy groups -OCH3 is 1. The van der Waals surface area contributed by atoms with E-state index in [4.69, 9.17) is 9.47 Å². The van der Waals surface area contributed by atoms with Gasteiger partial charge in [0.25, 0.3) is 11.8 Å². The van der Waals surface area contributed by atoms with E-state index in [1.54, 1.807) is 42.2 Å². The maximum atomic E-state index is 13.3. The van der Waals surface area contributed by atoms with Crippen LogP contribution in [0.1, 0.15) is 50.2 Å². The quantitative estimate of drug-likeness (QED) is 0.405. The van der Waals surface area contributed by atoms with E-state index in [9.17, 15) is 14.4 Å². The molecule has 2 aliphatic rings. The minimum absolute atomic E-state index is 0.0415. The molecule has 0 saturated heterocycles. The summed E-state index contributed by atoms with van der Waals surface area (Å²) in [4.78, 5) is 39.7. The standard InChI is InChI=1S/C30H34N2O5/c1-21-28(30(35)36-2)26(29(34)32(21)18-17-22-9-5-3-6-10-22)19-23-13-15-25(16-14-23)37-20-27(33)31-24-11-7-4-8-12-24/h3,5-6,9-10,13-16,19,24H,4,7-8,11-12,17-18,20H2,1-2H3,(H,31,33)/b26-19-. The van der Waals surface area contributed by atoms with E-state index in [0.717, 1.165) is 36.8 Å². The third-order valence-electron chi connectivity index (χ3n) is 6.90. The molecule has 0 atom stereocenters. The van der Waals surface area contributed by atoms with Crippen LogP contribution in [0.25, 0.3) is 6.08 Å². The van der Waals surface area contributed by atoms with E-state index >= 15 is 0 Å². The van der Waals surface area contributed by atoms with Crippen LogP contribution in [0.4, 0.5) is 0 Å². The topological polar surface area (TPSA) is 84.9 Å². The van der Waals surface area contributed by atoms with Crippen LogP contribution in [0.3, 0.4) is 0 Å². The number of amides is 2. The second-order valence-electron chi connectivity index (χ2n) is 9.46. The maximum Gasteiger partial charge on any atom is 0.340 e. The van der Waals surface area contributed by atoms with Crippen LogP contribution in [0.5, 0.6) is 5.75 Å². The van der Waals surface area contributed by atoms with E-state index in [1.807, 2.05) is 30.3 Å². The first-order chi connectivity index (χ1) is 18.0. The van der Waals surface area contributed by atoms with Crippen molar-refractivity contribution < 1.29 is 23.9 Å². The molecule has 4 rings (SSSR count). The Balaban J connectivity index is 1.42. The number of nitrogens with zero attached hydrogens (tertiary/aromatic N) is 1. The molecule has 1 aliphatic heterocycles. The fraction of sp³-hybridized carbons (Fsp3) is 0.367. The number of carbonyl (C=O) groups excluding carboxylic acids is 3. The molecule has 7 nitrogen and oxygen atoms in total. The smallest absolute Gasteiger partial charge is 0.340 e. The Morgan fingerprint density at radius 1 is 1.03 bits per heavy atom. The van der Waals surface area contributed by atoms with Gasteiger partial charge in [0.1, 0.15) is 5.75 Å². The summed E-state index contributed by atoms with van der Waals surface area (Å²) in [6.07, 6.45) is 7.97. The SMILES string of the molecule is COC(=O)C1=C(C)N(CCc2ccccc2)C(=O)/C1=C\c1ccc(OCC(=O)NC2CCCCC2)cc1. The largest absolute Gasteiger partial charge is 0.484 e. The molecule has 1 N–H and O–H groups in total. The van der Waals surface area contributed by atoms with Crippen LogP contribution in [0, 0.1) is 0 Å².